The summed E-state index contributed by atoms with van der Waals surface area (Å²) in [5, 5.41) is 14.7. The molecule has 0 radical (unpaired) electrons. The second-order valence-electron chi connectivity index (χ2n) is 11.5. The van der Waals surface area contributed by atoms with Gasteiger partial charge in [-0.1, -0.05) is 25.5 Å². The van der Waals surface area contributed by atoms with Crippen LogP contribution in [-0.4, -0.2) is 71.1 Å². The molecule has 6 rings (SSSR count). The van der Waals surface area contributed by atoms with Crippen LogP contribution in [0.3, 0.4) is 0 Å². The van der Waals surface area contributed by atoms with E-state index in [4.69, 9.17) is 9.41 Å². The molecule has 5 aliphatic rings. The van der Waals surface area contributed by atoms with Gasteiger partial charge >= 0.3 is 6.18 Å². The molecule has 3 heterocycles. The van der Waals surface area contributed by atoms with Crippen LogP contribution in [0.1, 0.15) is 64.2 Å². The maximum Gasteiger partial charge on any atom is 0.404 e. The zero-order valence-corrected chi connectivity index (χ0v) is 22.7. The molecule has 7 nitrogen and oxygen atoms in total. The predicted molar refractivity (Wildman–Crippen MR) is 139 cm³/mol. The Morgan fingerprint density at radius 1 is 1.24 bits per heavy atom. The summed E-state index contributed by atoms with van der Waals surface area (Å²) in [6.07, 6.45) is 5.50. The van der Waals surface area contributed by atoms with Gasteiger partial charge in [-0.2, -0.15) is 13.2 Å². The first-order valence-corrected chi connectivity index (χ1v) is 14.6. The molecule has 0 aromatic carbocycles. The largest absolute Gasteiger partial charge is 0.428 e. The van der Waals surface area contributed by atoms with Gasteiger partial charge in [-0.25, -0.2) is 0 Å². The number of rotatable bonds is 6. The number of thioether (sulfide) groups is 1. The third-order valence-corrected chi connectivity index (χ3v) is 10.6. The minimum absolute atomic E-state index is 0.0336. The Morgan fingerprint density at radius 2 is 2.08 bits per heavy atom. The van der Waals surface area contributed by atoms with Crippen molar-refractivity contribution in [1.82, 2.24) is 25.7 Å². The lowest BCUT2D eigenvalue weighted by Crippen LogP contribution is -2.50. The number of fused-ring (bicyclic) bond motifs is 4. The molecule has 2 aliphatic heterocycles. The van der Waals surface area contributed by atoms with E-state index in [2.05, 4.69) is 33.8 Å². The van der Waals surface area contributed by atoms with Crippen molar-refractivity contribution in [3.63, 3.8) is 0 Å². The number of aliphatic imine (C=N–C) groups is 1. The molecular weight excluding hydrogens is 501 g/mol. The highest BCUT2D eigenvalue weighted by Crippen LogP contribution is 2.56. The molecule has 206 valence electrons. The van der Waals surface area contributed by atoms with Crippen LogP contribution in [0.4, 0.5) is 13.2 Å². The summed E-state index contributed by atoms with van der Waals surface area (Å²) < 4.78 is 47.2. The average Bonchev–Trinajstić information content (AvgIpc) is 3.51. The van der Waals surface area contributed by atoms with Crippen molar-refractivity contribution in [2.75, 3.05) is 32.6 Å². The summed E-state index contributed by atoms with van der Waals surface area (Å²) in [5.41, 5.74) is 1.60. The van der Waals surface area contributed by atoms with Crippen LogP contribution in [0.15, 0.2) is 27.5 Å². The van der Waals surface area contributed by atoms with E-state index in [1.54, 1.807) is 11.9 Å². The Kier molecular flexibility index (Phi) is 7.94. The van der Waals surface area contributed by atoms with E-state index in [9.17, 15) is 13.2 Å². The van der Waals surface area contributed by atoms with Crippen LogP contribution in [0.2, 0.25) is 0 Å². The van der Waals surface area contributed by atoms with Crippen LogP contribution < -0.4 is 10.6 Å². The molecule has 2 N–H and O–H groups in total. The minimum Gasteiger partial charge on any atom is -0.428 e. The van der Waals surface area contributed by atoms with E-state index in [1.165, 1.54) is 23.7 Å². The fourth-order valence-corrected chi connectivity index (χ4v) is 8.79. The van der Waals surface area contributed by atoms with Crippen molar-refractivity contribution in [2.24, 2.45) is 28.2 Å². The van der Waals surface area contributed by atoms with Crippen LogP contribution in [0.5, 0.6) is 0 Å². The van der Waals surface area contributed by atoms with Gasteiger partial charge in [0, 0.05) is 30.6 Å². The monoisotopic (exact) mass is 540 g/mol. The summed E-state index contributed by atoms with van der Waals surface area (Å²) in [4.78, 5) is 6.51. The lowest BCUT2D eigenvalue weighted by molar-refractivity contribution is -0.174. The summed E-state index contributed by atoms with van der Waals surface area (Å²) in [7, 11) is 1.65. The van der Waals surface area contributed by atoms with Gasteiger partial charge in [0.25, 0.3) is 0 Å². The van der Waals surface area contributed by atoms with Gasteiger partial charge in [0.15, 0.2) is 0 Å². The summed E-state index contributed by atoms with van der Waals surface area (Å²) >= 11 is 1.46. The molecule has 2 fully saturated rings. The highest BCUT2D eigenvalue weighted by Gasteiger charge is 2.53. The lowest BCUT2D eigenvalue weighted by atomic mass is 9.58. The Labute approximate surface area is 221 Å². The molecule has 1 aromatic heterocycles. The van der Waals surface area contributed by atoms with E-state index in [0.29, 0.717) is 25.5 Å². The SMILES string of the molecule is CCNCNC1=NCC(C2=CCCC3(C)CCC2C(c2nnco2)C3)C(C2SCC(C(F)(F)F)N2C)C1. The number of halogens is 3. The van der Waals surface area contributed by atoms with E-state index in [-0.39, 0.29) is 40.2 Å². The van der Waals surface area contributed by atoms with Gasteiger partial charge < -0.3 is 15.1 Å². The zero-order valence-electron chi connectivity index (χ0n) is 21.9. The van der Waals surface area contributed by atoms with Crippen LogP contribution in [0.25, 0.3) is 0 Å². The second kappa shape index (κ2) is 10.9. The minimum atomic E-state index is -4.22. The zero-order chi connectivity index (χ0) is 26.2. The maximum absolute atomic E-state index is 13.8. The Morgan fingerprint density at radius 3 is 2.78 bits per heavy atom. The molecule has 3 aliphatic carbocycles. The number of aromatic nitrogens is 2. The smallest absolute Gasteiger partial charge is 0.404 e. The summed E-state index contributed by atoms with van der Waals surface area (Å²) in [6.45, 7) is 6.44. The number of nitrogens with one attached hydrogen (secondary N) is 2. The number of hydrogen-bond acceptors (Lipinski definition) is 8. The molecular formula is C26H39F3N6OS. The first-order valence-electron chi connectivity index (χ1n) is 13.5. The predicted octanol–water partition coefficient (Wildman–Crippen LogP) is 4.81. The Bertz CT molecular complexity index is 985. The Balaban J connectivity index is 1.47. The first-order chi connectivity index (χ1) is 17.7. The van der Waals surface area contributed by atoms with Gasteiger partial charge in [-0.3, -0.25) is 9.89 Å². The van der Waals surface area contributed by atoms with Gasteiger partial charge in [0.1, 0.15) is 6.04 Å². The average molecular weight is 541 g/mol. The number of alkyl halides is 3. The number of hydrogen-bond donors (Lipinski definition) is 2. The van der Waals surface area contributed by atoms with Crippen molar-refractivity contribution in [3.8, 4) is 0 Å². The first kappa shape index (κ1) is 27.0. The van der Waals surface area contributed by atoms with Gasteiger partial charge in [-0.05, 0) is 62.9 Å². The van der Waals surface area contributed by atoms with E-state index >= 15 is 0 Å². The molecule has 1 saturated heterocycles. The molecule has 7 unspecified atom stereocenters. The third-order valence-electron chi connectivity index (χ3n) is 9.09. The normalized spacial score (nSPS) is 37.1. The fraction of sp³-hybridized carbons (Fsp3) is 0.808. The van der Waals surface area contributed by atoms with Crippen molar-refractivity contribution in [2.45, 2.75) is 75.9 Å². The van der Waals surface area contributed by atoms with Crippen LogP contribution in [0, 0.1) is 23.2 Å². The van der Waals surface area contributed by atoms with Crippen molar-refractivity contribution in [1.29, 1.82) is 0 Å². The number of amidine groups is 1. The molecule has 7 atom stereocenters. The van der Waals surface area contributed by atoms with Crippen molar-refractivity contribution >= 4 is 17.6 Å². The molecule has 1 saturated carbocycles. The standard InChI is InChI=1S/C26H39F3N6OS/c1-4-30-14-32-22-10-18(24-35(3)21(13-37-24)26(27,28)29)20(12-31-22)16-6-5-8-25(2)9-7-17(16)19(11-25)23-34-33-15-36-23/h6,15,17-21,24,30H,4-5,7-14H2,1-3H3,(H,31,32). The highest BCUT2D eigenvalue weighted by molar-refractivity contribution is 8.00. The molecule has 1 aromatic rings. The summed E-state index contributed by atoms with van der Waals surface area (Å²) in [5.74, 6) is 2.18. The quantitative estimate of drug-likeness (QED) is 0.305. The molecule has 0 amide bonds. The second-order valence-corrected chi connectivity index (χ2v) is 12.6. The molecule has 0 spiro atoms. The number of nitrogens with zero attached hydrogens (tertiary/aromatic N) is 4. The highest BCUT2D eigenvalue weighted by atomic mass is 32.2. The molecule has 11 heteroatoms. The number of allylic oxidation sites excluding steroid dienone is 1. The molecule has 2 bridgehead atoms. The maximum atomic E-state index is 13.8. The van der Waals surface area contributed by atoms with E-state index in [0.717, 1.165) is 44.5 Å². The van der Waals surface area contributed by atoms with Gasteiger partial charge in [0.05, 0.1) is 17.9 Å². The summed E-state index contributed by atoms with van der Waals surface area (Å²) in [6, 6.07) is -1.41. The van der Waals surface area contributed by atoms with E-state index < -0.39 is 12.2 Å². The van der Waals surface area contributed by atoms with Gasteiger partial charge in [-0.15, -0.1) is 22.0 Å². The third kappa shape index (κ3) is 5.59. The van der Waals surface area contributed by atoms with E-state index in [1.807, 2.05) is 6.92 Å². The van der Waals surface area contributed by atoms with Crippen LogP contribution in [-0.2, 0) is 0 Å². The van der Waals surface area contributed by atoms with Crippen molar-refractivity contribution in [3.05, 3.63) is 23.9 Å². The van der Waals surface area contributed by atoms with Crippen LogP contribution >= 0.6 is 11.8 Å². The topological polar surface area (TPSA) is 78.6 Å². The fourth-order valence-electron chi connectivity index (χ4n) is 7.07. The lowest BCUT2D eigenvalue weighted by Gasteiger charge is -2.48. The van der Waals surface area contributed by atoms with Crippen molar-refractivity contribution < 1.29 is 17.6 Å². The molecule has 37 heavy (non-hydrogen) atoms. The van der Waals surface area contributed by atoms with Gasteiger partial charge in [0.2, 0.25) is 12.3 Å². The Hall–Kier alpha value is -1.59.